The highest BCUT2D eigenvalue weighted by Crippen LogP contribution is 2.24. The molecule has 0 aliphatic rings. The van der Waals surface area contributed by atoms with Gasteiger partial charge in [-0.1, -0.05) is 72.4 Å². The summed E-state index contributed by atoms with van der Waals surface area (Å²) in [6, 6.07) is 19.3. The normalized spacial score (nSPS) is 11.9. The minimum Gasteiger partial charge on any atom is -0.342 e. The largest absolute Gasteiger partial charge is 0.342 e. The summed E-state index contributed by atoms with van der Waals surface area (Å²) < 4.78 is 0. The van der Waals surface area contributed by atoms with Crippen LogP contribution in [-0.2, 0) is 4.79 Å². The monoisotopic (exact) mass is 407 g/mol. The van der Waals surface area contributed by atoms with E-state index in [0.717, 1.165) is 16.1 Å². The standard InChI is InChI=1S/C20H17N5OS2/c26-16(13-28-20-23-18(24-25-20)15-9-5-2-6-10-15)22-17(19-21-11-12-27-19)14-7-3-1-4-8-14/h1-12,17H,13H2,(H,22,26)(H,23,24,25). The molecule has 4 aromatic rings. The molecular weight excluding hydrogens is 390 g/mol. The second kappa shape index (κ2) is 8.81. The van der Waals surface area contributed by atoms with E-state index < -0.39 is 0 Å². The second-order valence-corrected chi connectivity index (χ2v) is 7.77. The number of rotatable bonds is 7. The fraction of sp³-hybridized carbons (Fsp3) is 0.100. The summed E-state index contributed by atoms with van der Waals surface area (Å²) in [5.41, 5.74) is 1.96. The Hall–Kier alpha value is -2.97. The van der Waals surface area contributed by atoms with Crippen LogP contribution < -0.4 is 5.32 Å². The van der Waals surface area contributed by atoms with E-state index in [9.17, 15) is 4.79 Å². The van der Waals surface area contributed by atoms with Crippen molar-refractivity contribution in [1.29, 1.82) is 0 Å². The molecule has 1 unspecified atom stereocenters. The molecule has 2 heterocycles. The van der Waals surface area contributed by atoms with E-state index in [2.05, 4.69) is 25.5 Å². The highest BCUT2D eigenvalue weighted by atomic mass is 32.2. The van der Waals surface area contributed by atoms with Crippen LogP contribution >= 0.6 is 23.1 Å². The van der Waals surface area contributed by atoms with Crippen molar-refractivity contribution in [3.63, 3.8) is 0 Å². The molecule has 0 radical (unpaired) electrons. The molecule has 1 amide bonds. The van der Waals surface area contributed by atoms with Gasteiger partial charge < -0.3 is 5.32 Å². The van der Waals surface area contributed by atoms with Gasteiger partial charge >= 0.3 is 0 Å². The summed E-state index contributed by atoms with van der Waals surface area (Å²) >= 11 is 2.82. The van der Waals surface area contributed by atoms with Crippen LogP contribution in [0.5, 0.6) is 0 Å². The van der Waals surface area contributed by atoms with Gasteiger partial charge in [0.25, 0.3) is 0 Å². The van der Waals surface area contributed by atoms with Gasteiger partial charge in [0.2, 0.25) is 11.1 Å². The van der Waals surface area contributed by atoms with Crippen LogP contribution in [0, 0.1) is 0 Å². The zero-order valence-corrected chi connectivity index (χ0v) is 16.4. The van der Waals surface area contributed by atoms with Crippen molar-refractivity contribution in [2.24, 2.45) is 0 Å². The first-order valence-electron chi connectivity index (χ1n) is 8.64. The van der Waals surface area contributed by atoms with Crippen LogP contribution in [0.2, 0.25) is 0 Å². The van der Waals surface area contributed by atoms with Crippen LogP contribution in [-0.4, -0.2) is 31.8 Å². The van der Waals surface area contributed by atoms with Crippen LogP contribution in [0.3, 0.4) is 0 Å². The van der Waals surface area contributed by atoms with Gasteiger partial charge in [0.05, 0.1) is 5.75 Å². The number of aromatic nitrogens is 4. The smallest absolute Gasteiger partial charge is 0.231 e. The molecule has 8 heteroatoms. The van der Waals surface area contributed by atoms with Gasteiger partial charge in [-0.2, -0.15) is 0 Å². The number of nitrogens with zero attached hydrogens (tertiary/aromatic N) is 3. The first-order chi connectivity index (χ1) is 13.8. The maximum atomic E-state index is 12.6. The molecule has 140 valence electrons. The Morgan fingerprint density at radius 2 is 1.86 bits per heavy atom. The second-order valence-electron chi connectivity index (χ2n) is 5.90. The Morgan fingerprint density at radius 1 is 1.11 bits per heavy atom. The van der Waals surface area contributed by atoms with Crippen molar-refractivity contribution >= 4 is 29.0 Å². The molecule has 0 saturated heterocycles. The number of H-pyrrole nitrogens is 1. The number of hydrogen-bond acceptors (Lipinski definition) is 6. The van der Waals surface area contributed by atoms with Gasteiger partial charge in [-0.3, -0.25) is 9.89 Å². The molecule has 0 aliphatic heterocycles. The quantitative estimate of drug-likeness (QED) is 0.454. The molecule has 1 atom stereocenters. The predicted octanol–water partition coefficient (Wildman–Crippen LogP) is 3.93. The Bertz CT molecular complexity index is 1020. The zero-order valence-electron chi connectivity index (χ0n) is 14.8. The number of nitrogens with one attached hydrogen (secondary N) is 2. The Morgan fingerprint density at radius 3 is 2.57 bits per heavy atom. The maximum Gasteiger partial charge on any atom is 0.231 e. The lowest BCUT2D eigenvalue weighted by Crippen LogP contribution is -2.30. The number of carbonyl (C=O) groups excluding carboxylic acids is 1. The predicted molar refractivity (Wildman–Crippen MR) is 111 cm³/mol. The molecule has 2 aromatic carbocycles. The van der Waals surface area contributed by atoms with Crippen molar-refractivity contribution < 1.29 is 4.79 Å². The average Bonchev–Trinajstić information content (AvgIpc) is 3.44. The number of thiazole rings is 1. The number of amides is 1. The maximum absolute atomic E-state index is 12.6. The fourth-order valence-electron chi connectivity index (χ4n) is 2.68. The SMILES string of the molecule is O=C(CSc1n[nH]c(-c2ccccc2)n1)NC(c1ccccc1)c1nccs1. The third-order valence-electron chi connectivity index (χ3n) is 3.98. The van der Waals surface area contributed by atoms with Gasteiger partial charge in [-0.05, 0) is 5.56 Å². The van der Waals surface area contributed by atoms with E-state index in [4.69, 9.17) is 0 Å². The Kier molecular flexibility index (Phi) is 5.79. The van der Waals surface area contributed by atoms with Crippen molar-refractivity contribution in [3.8, 4) is 11.4 Å². The number of thioether (sulfide) groups is 1. The van der Waals surface area contributed by atoms with Crippen molar-refractivity contribution in [2.75, 3.05) is 5.75 Å². The van der Waals surface area contributed by atoms with E-state index in [1.54, 1.807) is 6.20 Å². The number of benzene rings is 2. The third-order valence-corrected chi connectivity index (χ3v) is 5.67. The first kappa shape index (κ1) is 18.4. The molecular formula is C20H17N5OS2. The molecule has 0 bridgehead atoms. The van der Waals surface area contributed by atoms with Gasteiger partial charge in [0.1, 0.15) is 11.0 Å². The van der Waals surface area contributed by atoms with E-state index in [1.165, 1.54) is 23.1 Å². The lowest BCUT2D eigenvalue weighted by molar-refractivity contribution is -0.119. The summed E-state index contributed by atoms with van der Waals surface area (Å²) in [4.78, 5) is 21.4. The van der Waals surface area contributed by atoms with E-state index in [0.29, 0.717) is 11.0 Å². The van der Waals surface area contributed by atoms with Crippen LogP contribution in [0.4, 0.5) is 0 Å². The van der Waals surface area contributed by atoms with E-state index >= 15 is 0 Å². The third kappa shape index (κ3) is 4.47. The Balaban J connectivity index is 1.40. The summed E-state index contributed by atoms with van der Waals surface area (Å²) in [5, 5.41) is 13.5. The molecule has 28 heavy (non-hydrogen) atoms. The molecule has 2 N–H and O–H groups in total. The lowest BCUT2D eigenvalue weighted by Gasteiger charge is -2.16. The summed E-state index contributed by atoms with van der Waals surface area (Å²) in [7, 11) is 0. The topological polar surface area (TPSA) is 83.6 Å². The summed E-state index contributed by atoms with van der Waals surface area (Å²) in [5.74, 6) is 0.814. The van der Waals surface area contributed by atoms with E-state index in [1.807, 2.05) is 66.0 Å². The van der Waals surface area contributed by atoms with Crippen LogP contribution in [0.1, 0.15) is 16.6 Å². The number of aromatic amines is 1. The average molecular weight is 408 g/mol. The molecule has 0 spiro atoms. The van der Waals surface area contributed by atoms with Gasteiger partial charge in [0, 0.05) is 17.1 Å². The van der Waals surface area contributed by atoms with Crippen LogP contribution in [0.15, 0.2) is 77.4 Å². The minimum atomic E-state index is -0.263. The molecule has 4 rings (SSSR count). The summed E-state index contributed by atoms with van der Waals surface area (Å²) in [6.45, 7) is 0. The highest BCUT2D eigenvalue weighted by molar-refractivity contribution is 7.99. The summed E-state index contributed by atoms with van der Waals surface area (Å²) in [6.07, 6.45) is 1.75. The van der Waals surface area contributed by atoms with Crippen molar-refractivity contribution in [3.05, 3.63) is 82.8 Å². The van der Waals surface area contributed by atoms with Gasteiger partial charge in [-0.15, -0.1) is 16.4 Å². The van der Waals surface area contributed by atoms with E-state index in [-0.39, 0.29) is 17.7 Å². The Labute approximate surface area is 170 Å². The number of carbonyl (C=O) groups is 1. The lowest BCUT2D eigenvalue weighted by atomic mass is 10.1. The first-order valence-corrected chi connectivity index (χ1v) is 10.5. The highest BCUT2D eigenvalue weighted by Gasteiger charge is 2.19. The fourth-order valence-corrected chi connectivity index (χ4v) is 4.00. The zero-order chi connectivity index (χ0) is 19.2. The van der Waals surface area contributed by atoms with Gasteiger partial charge in [0.15, 0.2) is 5.82 Å². The molecule has 0 fully saturated rings. The number of hydrogen-bond donors (Lipinski definition) is 2. The van der Waals surface area contributed by atoms with Crippen LogP contribution in [0.25, 0.3) is 11.4 Å². The molecule has 2 aromatic heterocycles. The molecule has 0 aliphatic carbocycles. The van der Waals surface area contributed by atoms with Gasteiger partial charge in [-0.25, -0.2) is 9.97 Å². The molecule has 0 saturated carbocycles. The minimum absolute atomic E-state index is 0.0971. The molecule has 6 nitrogen and oxygen atoms in total. The van der Waals surface area contributed by atoms with Crippen molar-refractivity contribution in [1.82, 2.24) is 25.5 Å². The van der Waals surface area contributed by atoms with Crippen molar-refractivity contribution in [2.45, 2.75) is 11.2 Å².